The molecule has 0 fully saturated rings. The predicted octanol–water partition coefficient (Wildman–Crippen LogP) is 2.75. The Bertz CT molecular complexity index is 469. The van der Waals surface area contributed by atoms with Crippen LogP contribution in [0, 0.1) is 0 Å². The molecule has 18 heavy (non-hydrogen) atoms. The summed E-state index contributed by atoms with van der Waals surface area (Å²) >= 11 is 0.576. The third kappa shape index (κ3) is 2.33. The Morgan fingerprint density at radius 3 is 2.78 bits per heavy atom. The van der Waals surface area contributed by atoms with Gasteiger partial charge in [0.2, 0.25) is 5.91 Å². The van der Waals surface area contributed by atoms with Crippen molar-refractivity contribution in [3.05, 3.63) is 11.8 Å². The van der Waals surface area contributed by atoms with Gasteiger partial charge in [0.15, 0.2) is 0 Å². The summed E-state index contributed by atoms with van der Waals surface area (Å²) in [5, 5.41) is 4.71. The topological polar surface area (TPSA) is 46.9 Å². The van der Waals surface area contributed by atoms with Crippen LogP contribution >= 0.6 is 11.8 Å². The maximum atomic E-state index is 12.9. The van der Waals surface area contributed by atoms with Crippen LogP contribution in [0.2, 0.25) is 0 Å². The first-order chi connectivity index (χ1) is 8.30. The van der Waals surface area contributed by atoms with E-state index in [4.69, 9.17) is 0 Å². The van der Waals surface area contributed by atoms with Gasteiger partial charge in [-0.25, -0.2) is 4.68 Å². The van der Waals surface area contributed by atoms with E-state index in [0.29, 0.717) is 11.8 Å². The number of aromatic nitrogens is 2. The summed E-state index contributed by atoms with van der Waals surface area (Å²) < 4.78 is 40.2. The molecule has 0 unspecified atom stereocenters. The van der Waals surface area contributed by atoms with Crippen molar-refractivity contribution >= 4 is 23.5 Å². The minimum Gasteiger partial charge on any atom is -0.310 e. The van der Waals surface area contributed by atoms with Crippen molar-refractivity contribution in [2.24, 2.45) is 0 Å². The number of carbonyl (C=O) groups is 1. The fourth-order valence-corrected chi connectivity index (χ4v) is 2.71. The standard InChI is InChI=1S/C10H12F3N3OS/c1-5(2)16-9-6(3-14-16)8(10(11,12)13)18-4-7(17)15-9/h3,5,8H,4H2,1-2H3,(H,15,17)/t8-/m0/s1. The van der Waals surface area contributed by atoms with Crippen molar-refractivity contribution in [2.45, 2.75) is 31.3 Å². The Labute approximate surface area is 106 Å². The fraction of sp³-hybridized carbons (Fsp3) is 0.600. The van der Waals surface area contributed by atoms with Crippen LogP contribution in [0.3, 0.4) is 0 Å². The number of carbonyl (C=O) groups excluding carboxylic acids is 1. The SMILES string of the molecule is CC(C)n1ncc2c1NC(=O)CS[C@@H]2C(F)(F)F. The maximum Gasteiger partial charge on any atom is 0.404 e. The summed E-state index contributed by atoms with van der Waals surface area (Å²) in [5.74, 6) is -0.491. The summed E-state index contributed by atoms with van der Waals surface area (Å²) in [6, 6.07) is -0.119. The molecule has 1 aromatic rings. The van der Waals surface area contributed by atoms with Crippen molar-refractivity contribution < 1.29 is 18.0 Å². The number of halogens is 3. The van der Waals surface area contributed by atoms with Crippen LogP contribution in [-0.4, -0.2) is 27.6 Å². The molecule has 4 nitrogen and oxygen atoms in total. The molecule has 0 aromatic carbocycles. The Morgan fingerprint density at radius 2 is 2.22 bits per heavy atom. The first-order valence-corrected chi connectivity index (χ1v) is 6.41. The zero-order valence-electron chi connectivity index (χ0n) is 9.78. The third-order valence-corrected chi connectivity index (χ3v) is 3.81. The highest BCUT2D eigenvalue weighted by Gasteiger charge is 2.45. The first-order valence-electron chi connectivity index (χ1n) is 5.36. The molecule has 2 heterocycles. The van der Waals surface area contributed by atoms with Gasteiger partial charge in [-0.1, -0.05) is 0 Å². The molecule has 2 rings (SSSR count). The molecule has 1 aromatic heterocycles. The number of thioether (sulfide) groups is 1. The number of fused-ring (bicyclic) bond motifs is 1. The van der Waals surface area contributed by atoms with Gasteiger partial charge in [0.05, 0.1) is 11.9 Å². The molecule has 0 aliphatic carbocycles. The molecule has 1 N–H and O–H groups in total. The summed E-state index contributed by atoms with van der Waals surface area (Å²) in [6.45, 7) is 3.58. The Morgan fingerprint density at radius 1 is 1.56 bits per heavy atom. The van der Waals surface area contributed by atoms with E-state index < -0.39 is 17.3 Å². The van der Waals surface area contributed by atoms with Gasteiger partial charge < -0.3 is 5.32 Å². The zero-order chi connectivity index (χ0) is 13.5. The van der Waals surface area contributed by atoms with Gasteiger partial charge in [-0.15, -0.1) is 11.8 Å². The highest BCUT2D eigenvalue weighted by Crippen LogP contribution is 2.47. The predicted molar refractivity (Wildman–Crippen MR) is 62.5 cm³/mol. The van der Waals surface area contributed by atoms with Gasteiger partial charge in [0.25, 0.3) is 0 Å². The quantitative estimate of drug-likeness (QED) is 0.860. The molecule has 1 amide bonds. The van der Waals surface area contributed by atoms with Crippen LogP contribution in [0.15, 0.2) is 6.20 Å². The third-order valence-electron chi connectivity index (χ3n) is 2.53. The monoisotopic (exact) mass is 279 g/mol. The lowest BCUT2D eigenvalue weighted by Crippen LogP contribution is -2.18. The molecule has 1 aliphatic rings. The normalized spacial score (nSPS) is 20.6. The highest BCUT2D eigenvalue weighted by molar-refractivity contribution is 8.00. The average Bonchev–Trinajstić information content (AvgIpc) is 2.53. The molecule has 1 aliphatic heterocycles. The molecule has 100 valence electrons. The van der Waals surface area contributed by atoms with E-state index >= 15 is 0 Å². The van der Waals surface area contributed by atoms with Gasteiger partial charge in [0, 0.05) is 11.6 Å². The van der Waals surface area contributed by atoms with E-state index in [1.165, 1.54) is 10.9 Å². The number of hydrogen-bond donors (Lipinski definition) is 1. The molecule has 0 saturated carbocycles. The maximum absolute atomic E-state index is 12.9. The first kappa shape index (κ1) is 13.3. The number of nitrogens with zero attached hydrogens (tertiary/aromatic N) is 2. The second-order valence-electron chi connectivity index (χ2n) is 4.27. The largest absolute Gasteiger partial charge is 0.404 e. The van der Waals surface area contributed by atoms with Crippen LogP contribution in [0.5, 0.6) is 0 Å². The zero-order valence-corrected chi connectivity index (χ0v) is 10.6. The van der Waals surface area contributed by atoms with E-state index in [9.17, 15) is 18.0 Å². The minimum absolute atomic E-state index is 0.0204. The lowest BCUT2D eigenvalue weighted by molar-refractivity contribution is -0.129. The minimum atomic E-state index is -4.39. The second-order valence-corrected chi connectivity index (χ2v) is 5.36. The highest BCUT2D eigenvalue weighted by atomic mass is 32.2. The number of hydrogen-bond acceptors (Lipinski definition) is 3. The number of rotatable bonds is 1. The summed E-state index contributed by atoms with van der Waals surface area (Å²) in [6.07, 6.45) is -3.21. The average molecular weight is 279 g/mol. The number of anilines is 1. The van der Waals surface area contributed by atoms with Crippen molar-refractivity contribution in [2.75, 3.05) is 11.1 Å². The van der Waals surface area contributed by atoms with Gasteiger partial charge in [-0.3, -0.25) is 4.79 Å². The van der Waals surface area contributed by atoms with E-state index in [0.717, 1.165) is 0 Å². The molecule has 8 heteroatoms. The lowest BCUT2D eigenvalue weighted by Gasteiger charge is -2.17. The van der Waals surface area contributed by atoms with E-state index in [1.54, 1.807) is 13.8 Å². The van der Waals surface area contributed by atoms with Crippen LogP contribution in [0.25, 0.3) is 0 Å². The van der Waals surface area contributed by atoms with Crippen molar-refractivity contribution in [1.29, 1.82) is 0 Å². The van der Waals surface area contributed by atoms with Crippen molar-refractivity contribution in [3.63, 3.8) is 0 Å². The Hall–Kier alpha value is -1.18. The summed E-state index contributed by atoms with van der Waals surface area (Å²) in [5.41, 5.74) is 0.0204. The van der Waals surface area contributed by atoms with Gasteiger partial charge >= 0.3 is 6.18 Å². The lowest BCUT2D eigenvalue weighted by atomic mass is 10.2. The fourth-order valence-electron chi connectivity index (χ4n) is 1.78. The van der Waals surface area contributed by atoms with Crippen LogP contribution in [-0.2, 0) is 4.79 Å². The van der Waals surface area contributed by atoms with E-state index in [2.05, 4.69) is 10.4 Å². The number of alkyl halides is 3. The number of amides is 1. The Kier molecular flexibility index (Phi) is 3.31. The smallest absolute Gasteiger partial charge is 0.310 e. The van der Waals surface area contributed by atoms with Crippen molar-refractivity contribution in [3.8, 4) is 0 Å². The van der Waals surface area contributed by atoms with E-state index in [-0.39, 0.29) is 23.2 Å². The van der Waals surface area contributed by atoms with Crippen LogP contribution in [0.4, 0.5) is 19.0 Å². The molecular weight excluding hydrogens is 267 g/mol. The molecule has 0 saturated heterocycles. The summed E-state index contributed by atoms with van der Waals surface area (Å²) in [7, 11) is 0. The molecule has 1 atom stereocenters. The Balaban J connectivity index is 2.50. The van der Waals surface area contributed by atoms with Gasteiger partial charge in [-0.05, 0) is 13.8 Å². The van der Waals surface area contributed by atoms with Crippen LogP contribution in [0.1, 0.15) is 30.7 Å². The van der Waals surface area contributed by atoms with Gasteiger partial charge in [0.1, 0.15) is 11.1 Å². The van der Waals surface area contributed by atoms with Crippen LogP contribution < -0.4 is 5.32 Å². The number of nitrogens with one attached hydrogen (secondary N) is 1. The molecule has 0 bridgehead atoms. The van der Waals surface area contributed by atoms with Gasteiger partial charge in [-0.2, -0.15) is 18.3 Å². The second kappa shape index (κ2) is 4.49. The molecule has 0 radical (unpaired) electrons. The van der Waals surface area contributed by atoms with Crippen molar-refractivity contribution in [1.82, 2.24) is 9.78 Å². The van der Waals surface area contributed by atoms with E-state index in [1.807, 2.05) is 0 Å². The summed E-state index contributed by atoms with van der Waals surface area (Å²) in [4.78, 5) is 11.5. The molecular formula is C10H12F3N3OS. The molecule has 0 spiro atoms.